The van der Waals surface area contributed by atoms with Crippen LogP contribution in [-0.4, -0.2) is 50.1 Å². The predicted octanol–water partition coefficient (Wildman–Crippen LogP) is 4.48. The van der Waals surface area contributed by atoms with Gasteiger partial charge >= 0.3 is 5.97 Å². The summed E-state index contributed by atoms with van der Waals surface area (Å²) in [7, 11) is 2.97. The molecule has 7 heteroatoms. The number of ether oxygens (including phenoxy) is 2. The van der Waals surface area contributed by atoms with Crippen molar-refractivity contribution in [3.05, 3.63) is 94.5 Å². The van der Waals surface area contributed by atoms with Gasteiger partial charge in [-0.15, -0.1) is 0 Å². The van der Waals surface area contributed by atoms with Gasteiger partial charge in [0.05, 0.1) is 25.7 Å². The molecular formula is C32H34N2O5. The maximum Gasteiger partial charge on any atom is 0.337 e. The van der Waals surface area contributed by atoms with E-state index in [4.69, 9.17) is 9.47 Å². The van der Waals surface area contributed by atoms with Crippen LogP contribution in [0.5, 0.6) is 0 Å². The van der Waals surface area contributed by atoms with E-state index in [-0.39, 0.29) is 29.6 Å². The summed E-state index contributed by atoms with van der Waals surface area (Å²) < 4.78 is 10.0. The highest BCUT2D eigenvalue weighted by Crippen LogP contribution is 2.47. The van der Waals surface area contributed by atoms with Crippen LogP contribution in [0.2, 0.25) is 0 Å². The van der Waals surface area contributed by atoms with E-state index in [9.17, 15) is 14.4 Å². The molecule has 5 rings (SSSR count). The molecule has 1 fully saturated rings. The summed E-state index contributed by atoms with van der Waals surface area (Å²) in [5, 5.41) is 3.16. The first-order chi connectivity index (χ1) is 19.0. The summed E-state index contributed by atoms with van der Waals surface area (Å²) in [5.41, 5.74) is 6.86. The average molecular weight is 527 g/mol. The van der Waals surface area contributed by atoms with E-state index in [0.29, 0.717) is 44.6 Å². The highest BCUT2D eigenvalue weighted by atomic mass is 16.5. The number of carbonyl (C=O) groups excluding carboxylic acids is 3. The summed E-state index contributed by atoms with van der Waals surface area (Å²) in [5.74, 6) is 0.0126. The van der Waals surface area contributed by atoms with Crippen LogP contribution in [0.1, 0.15) is 51.4 Å². The molecule has 2 atom stereocenters. The lowest BCUT2D eigenvalue weighted by Crippen LogP contribution is -2.37. The third-order valence-electron chi connectivity index (χ3n) is 7.78. The van der Waals surface area contributed by atoms with E-state index in [1.165, 1.54) is 12.7 Å². The van der Waals surface area contributed by atoms with Crippen molar-refractivity contribution in [2.24, 2.45) is 5.92 Å². The molecular weight excluding hydrogens is 492 g/mol. The number of rotatable bonds is 9. The van der Waals surface area contributed by atoms with Gasteiger partial charge in [-0.05, 0) is 64.3 Å². The second kappa shape index (κ2) is 11.8. The number of methoxy groups -OCH3 is 2. The number of carbonyl (C=O) groups is 3. The quantitative estimate of drug-likeness (QED) is 0.416. The summed E-state index contributed by atoms with van der Waals surface area (Å²) in [6, 6.07) is 21.7. The fraction of sp³-hybridized carbons (Fsp3) is 0.344. The van der Waals surface area contributed by atoms with Crippen molar-refractivity contribution in [3.63, 3.8) is 0 Å². The Balaban J connectivity index is 1.39. The molecule has 0 spiro atoms. The van der Waals surface area contributed by atoms with Gasteiger partial charge < -0.3 is 19.7 Å². The van der Waals surface area contributed by atoms with E-state index in [2.05, 4.69) is 23.5 Å². The second-order valence-electron chi connectivity index (χ2n) is 10.2. The lowest BCUT2D eigenvalue weighted by atomic mass is 9.87. The highest BCUT2D eigenvalue weighted by molar-refractivity contribution is 5.91. The molecule has 1 heterocycles. The molecule has 1 aliphatic heterocycles. The third-order valence-corrected chi connectivity index (χ3v) is 7.78. The van der Waals surface area contributed by atoms with Gasteiger partial charge in [-0.1, -0.05) is 54.6 Å². The minimum atomic E-state index is -0.381. The van der Waals surface area contributed by atoms with Crippen LogP contribution in [0.25, 0.3) is 11.1 Å². The lowest BCUT2D eigenvalue weighted by Gasteiger charge is -2.32. The van der Waals surface area contributed by atoms with Crippen molar-refractivity contribution < 1.29 is 23.9 Å². The number of hydrogen-bond donors (Lipinski definition) is 1. The SMILES string of the molecule is COCCC(=O)N1CCc2c(-c3cccc(C(=O)OC)c3)ccc(CNC(=O)[C@@H]3C[C@H]3c3ccccc3)c2C1. The van der Waals surface area contributed by atoms with Gasteiger partial charge in [-0.25, -0.2) is 4.79 Å². The van der Waals surface area contributed by atoms with Gasteiger partial charge in [0, 0.05) is 32.7 Å². The number of nitrogens with zero attached hydrogens (tertiary/aromatic N) is 1. The van der Waals surface area contributed by atoms with Crippen molar-refractivity contribution >= 4 is 17.8 Å². The molecule has 3 aromatic rings. The van der Waals surface area contributed by atoms with Crippen LogP contribution in [0.4, 0.5) is 0 Å². The zero-order valence-corrected chi connectivity index (χ0v) is 22.4. The molecule has 0 unspecified atom stereocenters. The van der Waals surface area contributed by atoms with Gasteiger partial charge in [0.25, 0.3) is 0 Å². The molecule has 0 radical (unpaired) electrons. The largest absolute Gasteiger partial charge is 0.465 e. The molecule has 0 aromatic heterocycles. The Kier molecular flexibility index (Phi) is 8.07. The minimum absolute atomic E-state index is 0.00400. The zero-order chi connectivity index (χ0) is 27.4. The smallest absolute Gasteiger partial charge is 0.337 e. The molecule has 2 amide bonds. The molecule has 1 N–H and O–H groups in total. The molecule has 3 aromatic carbocycles. The maximum atomic E-state index is 13.0. The topological polar surface area (TPSA) is 84.9 Å². The minimum Gasteiger partial charge on any atom is -0.465 e. The Morgan fingerprint density at radius 1 is 0.974 bits per heavy atom. The molecule has 202 valence electrons. The first-order valence-electron chi connectivity index (χ1n) is 13.4. The van der Waals surface area contributed by atoms with E-state index >= 15 is 0 Å². The summed E-state index contributed by atoms with van der Waals surface area (Å²) in [6.45, 7) is 1.87. The molecule has 39 heavy (non-hydrogen) atoms. The zero-order valence-electron chi connectivity index (χ0n) is 22.4. The maximum absolute atomic E-state index is 13.0. The number of benzene rings is 3. The van der Waals surface area contributed by atoms with E-state index in [1.54, 1.807) is 13.2 Å². The Bertz CT molecular complexity index is 1370. The monoisotopic (exact) mass is 526 g/mol. The number of esters is 1. The standard InChI is InChI=1S/C32H34N2O5/c1-38-16-14-30(35)34-15-13-26-25(22-9-6-10-23(17-22)32(37)39-2)12-11-24(29(26)20-34)19-33-31(36)28-18-27(28)21-7-4-3-5-8-21/h3-12,17,27-28H,13-16,18-20H2,1-2H3,(H,33,36)/t27-,28+/m0/s1. The van der Waals surface area contributed by atoms with Gasteiger partial charge in [-0.2, -0.15) is 0 Å². The van der Waals surface area contributed by atoms with Crippen LogP contribution in [0.15, 0.2) is 66.7 Å². The van der Waals surface area contributed by atoms with Crippen molar-refractivity contribution in [2.75, 3.05) is 27.4 Å². The Morgan fingerprint density at radius 2 is 1.79 bits per heavy atom. The molecule has 0 bridgehead atoms. The number of hydrogen-bond acceptors (Lipinski definition) is 5. The second-order valence-corrected chi connectivity index (χ2v) is 10.2. The summed E-state index contributed by atoms with van der Waals surface area (Å²) in [4.78, 5) is 39.9. The van der Waals surface area contributed by atoms with E-state index < -0.39 is 0 Å². The van der Waals surface area contributed by atoms with E-state index in [0.717, 1.165) is 34.2 Å². The van der Waals surface area contributed by atoms with Gasteiger partial charge in [0.1, 0.15) is 0 Å². The molecule has 2 aliphatic rings. The van der Waals surface area contributed by atoms with Crippen LogP contribution in [0, 0.1) is 5.92 Å². The number of fused-ring (bicyclic) bond motifs is 1. The van der Waals surface area contributed by atoms with E-state index in [1.807, 2.05) is 47.4 Å². The number of amides is 2. The van der Waals surface area contributed by atoms with Crippen molar-refractivity contribution in [3.8, 4) is 11.1 Å². The fourth-order valence-electron chi connectivity index (χ4n) is 5.54. The molecule has 1 aliphatic carbocycles. The van der Waals surface area contributed by atoms with Gasteiger partial charge in [-0.3, -0.25) is 9.59 Å². The molecule has 0 saturated heterocycles. The Labute approximate surface area is 229 Å². The van der Waals surface area contributed by atoms with Crippen molar-refractivity contribution in [1.82, 2.24) is 10.2 Å². The first-order valence-corrected chi connectivity index (χ1v) is 13.4. The van der Waals surface area contributed by atoms with Crippen molar-refractivity contribution in [2.45, 2.75) is 38.3 Å². The molecule has 1 saturated carbocycles. The average Bonchev–Trinajstić information content (AvgIpc) is 3.79. The highest BCUT2D eigenvalue weighted by Gasteiger charge is 2.43. The van der Waals surface area contributed by atoms with Crippen LogP contribution in [-0.2, 0) is 38.6 Å². The normalized spacial score (nSPS) is 17.7. The van der Waals surface area contributed by atoms with Crippen LogP contribution < -0.4 is 5.32 Å². The van der Waals surface area contributed by atoms with Crippen molar-refractivity contribution in [1.29, 1.82) is 0 Å². The lowest BCUT2D eigenvalue weighted by molar-refractivity contribution is -0.133. The predicted molar refractivity (Wildman–Crippen MR) is 148 cm³/mol. The Morgan fingerprint density at radius 3 is 2.56 bits per heavy atom. The van der Waals surface area contributed by atoms with Gasteiger partial charge in [0.15, 0.2) is 0 Å². The third kappa shape index (κ3) is 5.88. The number of nitrogens with one attached hydrogen (secondary N) is 1. The Hall–Kier alpha value is -3.97. The van der Waals surface area contributed by atoms with Crippen LogP contribution in [0.3, 0.4) is 0 Å². The van der Waals surface area contributed by atoms with Gasteiger partial charge in [0.2, 0.25) is 11.8 Å². The summed E-state index contributed by atoms with van der Waals surface area (Å²) >= 11 is 0. The van der Waals surface area contributed by atoms with Crippen LogP contribution >= 0.6 is 0 Å². The molecule has 7 nitrogen and oxygen atoms in total. The fourth-order valence-corrected chi connectivity index (χ4v) is 5.54. The summed E-state index contributed by atoms with van der Waals surface area (Å²) in [6.07, 6.45) is 1.89. The first kappa shape index (κ1) is 26.6.